The van der Waals surface area contributed by atoms with E-state index < -0.39 is 37.3 Å². The van der Waals surface area contributed by atoms with Crippen LogP contribution in [-0.2, 0) is 14.1 Å². The molecule has 0 aromatic heterocycles. The van der Waals surface area contributed by atoms with E-state index in [1.807, 2.05) is 0 Å². The molecule has 1 aliphatic rings. The van der Waals surface area contributed by atoms with Crippen LogP contribution < -0.4 is 0 Å². The minimum atomic E-state index is -1.13. The quantitative estimate of drug-likeness (QED) is 0.214. The average Bonchev–Trinajstić information content (AvgIpc) is 2.39. The van der Waals surface area contributed by atoms with Crippen LogP contribution in [-0.4, -0.2) is 68.1 Å². The molecule has 1 rings (SSSR count). The van der Waals surface area contributed by atoms with Crippen molar-refractivity contribution in [1.29, 1.82) is 0 Å². The molecule has 98 valence electrons. The normalized spacial score (nSPS) is 35.4. The molecule has 0 spiro atoms. The van der Waals surface area contributed by atoms with Crippen LogP contribution in [0.2, 0.25) is 0 Å². The van der Waals surface area contributed by atoms with Crippen LogP contribution in [0.25, 0.3) is 10.4 Å². The molecule has 11 heteroatoms. The predicted octanol–water partition coefficient (Wildman–Crippen LogP) is -1.20. The summed E-state index contributed by atoms with van der Waals surface area (Å²) >= 11 is 0. The molecule has 18 heavy (non-hydrogen) atoms. The number of methoxy groups -OCH3 is 1. The molecule has 6 atom stereocenters. The number of nitrogens with zero attached hydrogens (tertiary/aromatic N) is 3. The first kappa shape index (κ1) is 15.6. The monoisotopic (exact) mass is 273 g/mol. The van der Waals surface area contributed by atoms with Gasteiger partial charge < -0.3 is 0 Å². The summed E-state index contributed by atoms with van der Waals surface area (Å²) in [4.78, 5) is 2.68. The molecule has 8 nitrogen and oxygen atoms in total. The molecular weight excluding hydrogens is 259 g/mol. The van der Waals surface area contributed by atoms with Gasteiger partial charge in [0, 0.05) is 0 Å². The fraction of sp³-hybridized carbons (Fsp3) is 1.00. The van der Waals surface area contributed by atoms with E-state index in [2.05, 4.69) is 19.1 Å². The molecule has 0 aromatic rings. The Labute approximate surface area is 108 Å². The number of rotatable bonds is 5. The number of ether oxygens (including phenoxy) is 2. The van der Waals surface area contributed by atoms with Gasteiger partial charge in [-0.1, -0.05) is 0 Å². The topological polar surface area (TPSA) is 117 Å². The fourth-order valence-electron chi connectivity index (χ4n) is 1.72. The molecule has 0 aromatic carbocycles. The summed E-state index contributed by atoms with van der Waals surface area (Å²) in [6.07, 6.45) is -3.72. The van der Waals surface area contributed by atoms with Gasteiger partial charge in [-0.05, 0) is 0 Å². The van der Waals surface area contributed by atoms with Crippen LogP contribution >= 0.6 is 9.12 Å². The minimum absolute atomic E-state index is 0.394. The summed E-state index contributed by atoms with van der Waals surface area (Å²) in [7, 11) is 5.02. The van der Waals surface area contributed by atoms with Crippen LogP contribution in [0.4, 0.5) is 0 Å². The number of hydrogen-bond donors (Lipinski definition) is 2. The van der Waals surface area contributed by atoms with E-state index in [-0.39, 0.29) is 0 Å². The molecule has 0 amide bonds. The maximum atomic E-state index is 9.98. The van der Waals surface area contributed by atoms with Crippen molar-refractivity contribution >= 4 is 22.6 Å². The van der Waals surface area contributed by atoms with E-state index in [1.54, 1.807) is 6.52 Å². The Morgan fingerprint density at radius 2 is 2.33 bits per heavy atom. The predicted molar refractivity (Wildman–Crippen MR) is 67.8 cm³/mol. The number of aliphatic hydroxyl groups excluding tert-OH is 2. The van der Waals surface area contributed by atoms with E-state index in [4.69, 9.17) is 24.8 Å². The Bertz CT molecular complexity index is 343. The summed E-state index contributed by atoms with van der Waals surface area (Å²) in [6, 6.07) is -0.848. The zero-order valence-electron chi connectivity index (χ0n) is 9.79. The van der Waals surface area contributed by atoms with Crippen molar-refractivity contribution in [2.24, 2.45) is 5.11 Å². The molecule has 3 unspecified atom stereocenters. The second-order valence-corrected chi connectivity index (χ2v) is 3.96. The van der Waals surface area contributed by atoms with Crippen molar-refractivity contribution in [3.8, 4) is 0 Å². The molecule has 1 heterocycles. The Morgan fingerprint density at radius 1 is 1.61 bits per heavy atom. The number of aliphatic hydroxyl groups is 2. The van der Waals surface area contributed by atoms with Gasteiger partial charge in [0.05, 0.1) is 0 Å². The van der Waals surface area contributed by atoms with Gasteiger partial charge >= 0.3 is 107 Å². The van der Waals surface area contributed by atoms with Crippen LogP contribution in [0.1, 0.15) is 0 Å². The first-order valence-electron chi connectivity index (χ1n) is 5.23. The summed E-state index contributed by atoms with van der Waals surface area (Å²) in [5, 5.41) is 22.6. The molecule has 2 N–H and O–H groups in total. The molecule has 0 aliphatic carbocycles. The van der Waals surface area contributed by atoms with Crippen molar-refractivity contribution in [2.45, 2.75) is 30.6 Å². The van der Waals surface area contributed by atoms with Gasteiger partial charge in [0.2, 0.25) is 0 Å². The third-order valence-electron chi connectivity index (χ3n) is 2.55. The molecule has 0 bridgehead atoms. The molecule has 1 saturated heterocycles. The van der Waals surface area contributed by atoms with E-state index >= 15 is 0 Å². The molecule has 1 fully saturated rings. The second-order valence-electron chi connectivity index (χ2n) is 3.58. The van der Waals surface area contributed by atoms with Crippen LogP contribution in [0.15, 0.2) is 5.11 Å². The maximum absolute atomic E-state index is 9.98. The van der Waals surface area contributed by atoms with Gasteiger partial charge in [-0.15, -0.1) is 0 Å². The first-order valence-corrected chi connectivity index (χ1v) is 5.89. The Hall–Kier alpha value is -0.490. The van der Waals surface area contributed by atoms with Gasteiger partial charge in [-0.25, -0.2) is 0 Å². The van der Waals surface area contributed by atoms with Gasteiger partial charge in [-0.2, -0.15) is 0 Å². The second kappa shape index (κ2) is 7.84. The fourth-order valence-corrected chi connectivity index (χ4v) is 1.82. The third kappa shape index (κ3) is 3.51. The van der Waals surface area contributed by atoms with E-state index in [1.165, 1.54) is 14.1 Å². The number of hydrogen-bond acceptors (Lipinski definition) is 6. The van der Waals surface area contributed by atoms with Crippen molar-refractivity contribution in [1.82, 2.24) is 0 Å². The molecule has 0 radical (unpaired) electrons. The van der Waals surface area contributed by atoms with Crippen molar-refractivity contribution in [2.75, 3.05) is 13.7 Å². The summed E-state index contributed by atoms with van der Waals surface area (Å²) in [5.41, 5.74) is 8.52. The number of azide groups is 1. The van der Waals surface area contributed by atoms with Crippen molar-refractivity contribution in [3.05, 3.63) is 10.4 Å². The van der Waals surface area contributed by atoms with Gasteiger partial charge in [-0.3, -0.25) is 0 Å². The van der Waals surface area contributed by atoms with Crippen LogP contribution in [0.5, 0.6) is 0 Å². The van der Waals surface area contributed by atoms with E-state index in [0.717, 1.165) is 0 Å². The van der Waals surface area contributed by atoms with Crippen molar-refractivity contribution < 1.29 is 24.3 Å². The molecule has 0 saturated carbocycles. The Kier molecular flexibility index (Phi) is 6.78. The zero-order chi connectivity index (χ0) is 13.5. The Morgan fingerprint density at radius 3 is 2.83 bits per heavy atom. The molecular formula is C7H14B2N3O5P. The van der Waals surface area contributed by atoms with E-state index in [9.17, 15) is 5.11 Å². The zero-order valence-corrected chi connectivity index (χ0v) is 10.9. The summed E-state index contributed by atoms with van der Waals surface area (Å²) < 4.78 is 15.6. The van der Waals surface area contributed by atoms with Gasteiger partial charge in [0.25, 0.3) is 0 Å². The SMILES string of the molecule is CO[C@H]1OC(CO)[C@@H](O)[C@H](OB=BP)C1N=[N+]=[N-]. The van der Waals surface area contributed by atoms with Crippen molar-refractivity contribution in [3.63, 3.8) is 0 Å². The van der Waals surface area contributed by atoms with Crippen LogP contribution in [0, 0.1) is 0 Å². The summed E-state index contributed by atoms with van der Waals surface area (Å²) in [5.74, 6) is 0. The van der Waals surface area contributed by atoms with Gasteiger partial charge in [0.1, 0.15) is 0 Å². The average molecular weight is 273 g/mol. The summed E-state index contributed by atoms with van der Waals surface area (Å²) in [6.45, 7) is 1.15. The van der Waals surface area contributed by atoms with E-state index in [0.29, 0.717) is 0 Å². The van der Waals surface area contributed by atoms with Crippen LogP contribution in [0.3, 0.4) is 0 Å². The first-order chi connectivity index (χ1) is 8.69. The Balaban J connectivity index is 2.96. The standard InChI is InChI=1S/C7H14B2N3O5P/c1-15-7-4(11-12-10)6(17-8-9-18)5(14)3(2-13)16-7/h3-7,13-14H,2,18H2,1H3/t3?,4?,5-,6-,7+/m1/s1. The molecule has 1 aliphatic heterocycles. The van der Waals surface area contributed by atoms with Gasteiger partial charge in [0.15, 0.2) is 0 Å². The third-order valence-corrected chi connectivity index (χ3v) is 2.71.